The minimum Gasteiger partial charge on any atom is -0.375 e. The molecule has 0 saturated carbocycles. The molecule has 2 rings (SSSR count). The summed E-state index contributed by atoms with van der Waals surface area (Å²) in [6, 6.07) is 0.0360. The lowest BCUT2D eigenvalue weighted by molar-refractivity contribution is 0.0567. The standard InChI is InChI=1S/C11H18BrN3OS/c1-7-11(12)9(15(2)14-7)5-8(13)10-6-17-4-3-16-10/h8,10H,3-6,13H2,1-2H3. The average Bonchev–Trinajstić information content (AvgIpc) is 2.57. The van der Waals surface area contributed by atoms with Crippen LogP contribution in [0.5, 0.6) is 0 Å². The maximum Gasteiger partial charge on any atom is 0.0820 e. The van der Waals surface area contributed by atoms with Crippen LogP contribution in [0.3, 0.4) is 0 Å². The number of hydrogen-bond donors (Lipinski definition) is 1. The molecular formula is C11H18BrN3OS. The van der Waals surface area contributed by atoms with E-state index in [0.717, 1.165) is 40.4 Å². The summed E-state index contributed by atoms with van der Waals surface area (Å²) in [5, 5.41) is 4.38. The first kappa shape index (κ1) is 13.4. The number of ether oxygens (including phenoxy) is 1. The molecule has 2 heterocycles. The smallest absolute Gasteiger partial charge is 0.0820 e. The molecule has 17 heavy (non-hydrogen) atoms. The van der Waals surface area contributed by atoms with Gasteiger partial charge in [-0.25, -0.2) is 0 Å². The van der Waals surface area contributed by atoms with E-state index in [1.807, 2.05) is 30.4 Å². The van der Waals surface area contributed by atoms with Crippen molar-refractivity contribution in [3.63, 3.8) is 0 Å². The molecular weight excluding hydrogens is 302 g/mol. The molecule has 1 fully saturated rings. The molecule has 1 aromatic rings. The van der Waals surface area contributed by atoms with Gasteiger partial charge in [0.2, 0.25) is 0 Å². The van der Waals surface area contributed by atoms with Crippen LogP contribution in [0.25, 0.3) is 0 Å². The lowest BCUT2D eigenvalue weighted by Gasteiger charge is -2.27. The Hall–Kier alpha value is -0.0400. The largest absolute Gasteiger partial charge is 0.375 e. The highest BCUT2D eigenvalue weighted by molar-refractivity contribution is 9.10. The van der Waals surface area contributed by atoms with Gasteiger partial charge in [-0.1, -0.05) is 0 Å². The van der Waals surface area contributed by atoms with Crippen LogP contribution in [0.1, 0.15) is 11.4 Å². The number of rotatable bonds is 3. The van der Waals surface area contributed by atoms with Gasteiger partial charge in [-0.3, -0.25) is 4.68 Å². The zero-order chi connectivity index (χ0) is 12.4. The van der Waals surface area contributed by atoms with Crippen LogP contribution in [0.15, 0.2) is 4.47 Å². The molecule has 0 amide bonds. The summed E-state index contributed by atoms with van der Waals surface area (Å²) in [4.78, 5) is 0. The second-order valence-corrected chi connectivity index (χ2v) is 6.26. The number of hydrogen-bond acceptors (Lipinski definition) is 4. The van der Waals surface area contributed by atoms with Crippen LogP contribution in [-0.4, -0.2) is 40.0 Å². The molecule has 2 atom stereocenters. The van der Waals surface area contributed by atoms with Gasteiger partial charge in [0, 0.05) is 31.0 Å². The maximum atomic E-state index is 6.23. The van der Waals surface area contributed by atoms with Crippen molar-refractivity contribution in [3.05, 3.63) is 15.9 Å². The number of nitrogens with zero attached hydrogens (tertiary/aromatic N) is 2. The Balaban J connectivity index is 2.04. The van der Waals surface area contributed by atoms with Crippen LogP contribution >= 0.6 is 27.7 Å². The first-order valence-electron chi connectivity index (χ1n) is 5.72. The molecule has 96 valence electrons. The maximum absolute atomic E-state index is 6.23. The van der Waals surface area contributed by atoms with Gasteiger partial charge < -0.3 is 10.5 Å². The van der Waals surface area contributed by atoms with Crippen molar-refractivity contribution in [2.24, 2.45) is 12.8 Å². The van der Waals surface area contributed by atoms with Crippen molar-refractivity contribution in [1.82, 2.24) is 9.78 Å². The molecule has 6 heteroatoms. The molecule has 1 aromatic heterocycles. The zero-order valence-electron chi connectivity index (χ0n) is 10.1. The molecule has 0 spiro atoms. The number of halogens is 1. The lowest BCUT2D eigenvalue weighted by atomic mass is 10.1. The van der Waals surface area contributed by atoms with Gasteiger partial charge >= 0.3 is 0 Å². The van der Waals surface area contributed by atoms with Crippen molar-refractivity contribution in [2.45, 2.75) is 25.5 Å². The van der Waals surface area contributed by atoms with E-state index in [1.54, 1.807) is 0 Å². The fourth-order valence-electron chi connectivity index (χ4n) is 2.01. The fraction of sp³-hybridized carbons (Fsp3) is 0.727. The lowest BCUT2D eigenvalue weighted by Crippen LogP contribution is -2.43. The minimum atomic E-state index is 0.0360. The molecule has 2 unspecified atom stereocenters. The predicted molar refractivity (Wildman–Crippen MR) is 74.4 cm³/mol. The molecule has 0 aliphatic carbocycles. The van der Waals surface area contributed by atoms with E-state index in [-0.39, 0.29) is 12.1 Å². The highest BCUT2D eigenvalue weighted by atomic mass is 79.9. The average molecular weight is 320 g/mol. The van der Waals surface area contributed by atoms with Crippen LogP contribution < -0.4 is 5.73 Å². The molecule has 0 aromatic carbocycles. The van der Waals surface area contributed by atoms with E-state index in [4.69, 9.17) is 10.5 Å². The molecule has 1 aliphatic heterocycles. The summed E-state index contributed by atoms with van der Waals surface area (Å²) in [5.41, 5.74) is 8.38. The van der Waals surface area contributed by atoms with Gasteiger partial charge in [0.1, 0.15) is 0 Å². The normalized spacial score (nSPS) is 22.7. The number of aromatic nitrogens is 2. The molecule has 1 saturated heterocycles. The van der Waals surface area contributed by atoms with Crippen LogP contribution in [0.2, 0.25) is 0 Å². The monoisotopic (exact) mass is 319 g/mol. The molecule has 4 nitrogen and oxygen atoms in total. The molecule has 0 bridgehead atoms. The molecule has 2 N–H and O–H groups in total. The van der Waals surface area contributed by atoms with E-state index >= 15 is 0 Å². The van der Waals surface area contributed by atoms with E-state index < -0.39 is 0 Å². The SMILES string of the molecule is Cc1nn(C)c(CC(N)C2CSCCO2)c1Br. The van der Waals surface area contributed by atoms with E-state index in [1.165, 1.54) is 0 Å². The Morgan fingerprint density at radius 3 is 3.00 bits per heavy atom. The predicted octanol–water partition coefficient (Wildman–Crippen LogP) is 1.49. The molecule has 1 aliphatic rings. The third-order valence-electron chi connectivity index (χ3n) is 3.01. The Bertz CT molecular complexity index is 390. The van der Waals surface area contributed by atoms with Gasteiger partial charge in [0.15, 0.2) is 0 Å². The summed E-state index contributed by atoms with van der Waals surface area (Å²) in [6.07, 6.45) is 0.958. The van der Waals surface area contributed by atoms with E-state index in [0.29, 0.717) is 0 Å². The Morgan fingerprint density at radius 1 is 1.71 bits per heavy atom. The number of aryl methyl sites for hydroxylation is 2. The highest BCUT2D eigenvalue weighted by Crippen LogP contribution is 2.23. The first-order valence-corrected chi connectivity index (χ1v) is 7.67. The first-order chi connectivity index (χ1) is 8.09. The summed E-state index contributed by atoms with van der Waals surface area (Å²) in [5.74, 6) is 2.08. The Morgan fingerprint density at radius 2 is 2.47 bits per heavy atom. The summed E-state index contributed by atoms with van der Waals surface area (Å²) in [7, 11) is 1.95. The van der Waals surface area contributed by atoms with Gasteiger partial charge in [0.25, 0.3) is 0 Å². The van der Waals surface area contributed by atoms with Crippen molar-refractivity contribution in [2.75, 3.05) is 18.1 Å². The Kier molecular flexibility index (Phi) is 4.52. The van der Waals surface area contributed by atoms with Crippen molar-refractivity contribution in [1.29, 1.82) is 0 Å². The van der Waals surface area contributed by atoms with Crippen molar-refractivity contribution >= 4 is 27.7 Å². The van der Waals surface area contributed by atoms with Gasteiger partial charge in [0.05, 0.1) is 28.6 Å². The second-order valence-electron chi connectivity index (χ2n) is 4.32. The quantitative estimate of drug-likeness (QED) is 0.917. The third kappa shape index (κ3) is 3.05. The van der Waals surface area contributed by atoms with E-state index in [2.05, 4.69) is 21.0 Å². The van der Waals surface area contributed by atoms with Crippen molar-refractivity contribution in [3.8, 4) is 0 Å². The Labute approximate surface area is 114 Å². The topological polar surface area (TPSA) is 53.1 Å². The number of nitrogens with two attached hydrogens (primary N) is 1. The van der Waals surface area contributed by atoms with Crippen LogP contribution in [0, 0.1) is 6.92 Å². The van der Waals surface area contributed by atoms with Gasteiger partial charge in [-0.05, 0) is 22.9 Å². The highest BCUT2D eigenvalue weighted by Gasteiger charge is 2.24. The summed E-state index contributed by atoms with van der Waals surface area (Å²) >= 11 is 5.48. The second kappa shape index (κ2) is 5.73. The zero-order valence-corrected chi connectivity index (χ0v) is 12.6. The van der Waals surface area contributed by atoms with Gasteiger partial charge in [-0.2, -0.15) is 16.9 Å². The van der Waals surface area contributed by atoms with E-state index in [9.17, 15) is 0 Å². The minimum absolute atomic E-state index is 0.0360. The fourth-order valence-corrected chi connectivity index (χ4v) is 3.46. The van der Waals surface area contributed by atoms with Crippen LogP contribution in [0.4, 0.5) is 0 Å². The summed E-state index contributed by atoms with van der Waals surface area (Å²) < 4.78 is 8.67. The van der Waals surface area contributed by atoms with Crippen molar-refractivity contribution < 1.29 is 4.74 Å². The molecule has 0 radical (unpaired) electrons. The third-order valence-corrected chi connectivity index (χ3v) is 5.06. The van der Waals surface area contributed by atoms with Crippen LogP contribution in [-0.2, 0) is 18.2 Å². The van der Waals surface area contributed by atoms with Gasteiger partial charge in [-0.15, -0.1) is 0 Å². The summed E-state index contributed by atoms with van der Waals surface area (Å²) in [6.45, 7) is 2.81. The number of thioether (sulfide) groups is 1.